The van der Waals surface area contributed by atoms with Crippen molar-refractivity contribution in [3.63, 3.8) is 0 Å². The fourth-order valence-electron chi connectivity index (χ4n) is 9.99. The molecule has 3 heteroatoms. The molecule has 0 unspecified atom stereocenters. The van der Waals surface area contributed by atoms with Crippen molar-refractivity contribution >= 4 is 0 Å². The third-order valence-electron chi connectivity index (χ3n) is 12.1. The van der Waals surface area contributed by atoms with Gasteiger partial charge in [0.2, 0.25) is 0 Å². The molecule has 33 heavy (non-hydrogen) atoms. The Morgan fingerprint density at radius 3 is 2.42 bits per heavy atom. The molecule has 3 nitrogen and oxygen atoms in total. The largest absolute Gasteiger partial charge is 0.393 e. The second kappa shape index (κ2) is 7.68. The monoisotopic (exact) mass is 456 g/mol. The lowest BCUT2D eigenvalue weighted by Crippen LogP contribution is -2.58. The number of fused-ring (bicyclic) bond motifs is 5. The number of rotatable bonds is 2. The Hall–Kier alpha value is -0.640. The van der Waals surface area contributed by atoms with E-state index >= 15 is 0 Å². The summed E-state index contributed by atoms with van der Waals surface area (Å²) in [4.78, 5) is 0. The van der Waals surface area contributed by atoms with Crippen LogP contribution in [-0.4, -0.2) is 28.7 Å². The van der Waals surface area contributed by atoms with Crippen LogP contribution in [0.1, 0.15) is 99.8 Å². The molecule has 5 rings (SSSR count). The first-order valence-corrected chi connectivity index (χ1v) is 13.7. The summed E-state index contributed by atoms with van der Waals surface area (Å²) in [5.41, 5.74) is 3.71. The minimum atomic E-state index is -0.629. The minimum Gasteiger partial charge on any atom is -0.393 e. The van der Waals surface area contributed by atoms with E-state index in [9.17, 15) is 10.2 Å². The lowest BCUT2D eigenvalue weighted by molar-refractivity contribution is -0.140. The van der Waals surface area contributed by atoms with Crippen molar-refractivity contribution in [3.05, 3.63) is 23.3 Å². The Balaban J connectivity index is 1.46. The fraction of sp³-hybridized carbons (Fsp3) is 0.867. The van der Waals surface area contributed by atoms with Crippen molar-refractivity contribution in [2.75, 3.05) is 0 Å². The predicted octanol–water partition coefficient (Wildman–Crippen LogP) is 6.64. The zero-order chi connectivity index (χ0) is 24.0. The highest BCUT2D eigenvalue weighted by Gasteiger charge is 2.66. The standard InChI is InChI=1S/C30H48O3/c1-18(2)16-19-17-20(26(32)33-19)21-10-14-30(7)23-8-9-24-27(3,4)25(31)12-13-28(24,5)22(23)11-15-29(21,30)6/h8,16,19-22,24-26,31-32H,9-15,17H2,1-7H3/t19-,20-,21-,22+,24-,25+,26+,28+,29-,30+/m0/s1. The topological polar surface area (TPSA) is 49.7 Å². The molecule has 1 aliphatic heterocycles. The number of aliphatic hydroxyl groups is 2. The Labute approximate surface area is 202 Å². The molecule has 1 heterocycles. The number of hydrogen-bond acceptors (Lipinski definition) is 3. The van der Waals surface area contributed by atoms with Crippen molar-refractivity contribution in [2.24, 2.45) is 45.3 Å². The zero-order valence-corrected chi connectivity index (χ0v) is 22.2. The molecule has 0 spiro atoms. The maximum Gasteiger partial charge on any atom is 0.158 e. The Kier molecular flexibility index (Phi) is 5.60. The van der Waals surface area contributed by atoms with Crippen molar-refractivity contribution in [3.8, 4) is 0 Å². The van der Waals surface area contributed by atoms with Crippen LogP contribution in [0.15, 0.2) is 23.3 Å². The van der Waals surface area contributed by atoms with Crippen molar-refractivity contribution in [1.82, 2.24) is 0 Å². The van der Waals surface area contributed by atoms with Crippen LogP contribution in [0.25, 0.3) is 0 Å². The van der Waals surface area contributed by atoms with E-state index in [-0.39, 0.29) is 34.4 Å². The van der Waals surface area contributed by atoms with Gasteiger partial charge in [0, 0.05) is 5.92 Å². The van der Waals surface area contributed by atoms with Gasteiger partial charge in [0.05, 0.1) is 12.2 Å². The predicted molar refractivity (Wildman–Crippen MR) is 133 cm³/mol. The average molecular weight is 457 g/mol. The smallest absolute Gasteiger partial charge is 0.158 e. The maximum atomic E-state index is 10.9. The summed E-state index contributed by atoms with van der Waals surface area (Å²) in [6.07, 6.45) is 13.2. The number of allylic oxidation sites excluding steroid dienone is 3. The number of aliphatic hydroxyl groups excluding tert-OH is 2. The fourth-order valence-corrected chi connectivity index (χ4v) is 9.99. The minimum absolute atomic E-state index is 0.0138. The van der Waals surface area contributed by atoms with Gasteiger partial charge in [0.25, 0.3) is 0 Å². The van der Waals surface area contributed by atoms with Gasteiger partial charge in [-0.15, -0.1) is 0 Å². The molecule has 0 aromatic carbocycles. The quantitative estimate of drug-likeness (QED) is 0.458. The van der Waals surface area contributed by atoms with Gasteiger partial charge in [-0.3, -0.25) is 0 Å². The van der Waals surface area contributed by atoms with Gasteiger partial charge < -0.3 is 14.9 Å². The zero-order valence-electron chi connectivity index (χ0n) is 22.2. The van der Waals surface area contributed by atoms with Crippen molar-refractivity contribution in [1.29, 1.82) is 0 Å². The molecule has 1 saturated heterocycles. The molecule has 4 fully saturated rings. The van der Waals surface area contributed by atoms with Crippen LogP contribution in [0, 0.1) is 45.3 Å². The molecule has 2 N–H and O–H groups in total. The molecule has 186 valence electrons. The summed E-state index contributed by atoms with van der Waals surface area (Å²) in [5, 5.41) is 21.8. The van der Waals surface area contributed by atoms with Crippen LogP contribution < -0.4 is 0 Å². The van der Waals surface area contributed by atoms with Gasteiger partial charge >= 0.3 is 0 Å². The van der Waals surface area contributed by atoms with Crippen LogP contribution in [-0.2, 0) is 4.74 Å². The second-order valence-corrected chi connectivity index (χ2v) is 14.0. The van der Waals surface area contributed by atoms with E-state index in [4.69, 9.17) is 4.74 Å². The molecule has 3 saturated carbocycles. The molecule has 10 atom stereocenters. The number of hydrogen-bond donors (Lipinski definition) is 2. The van der Waals surface area contributed by atoms with Crippen LogP contribution in [0.3, 0.4) is 0 Å². The van der Waals surface area contributed by atoms with E-state index in [1.807, 2.05) is 0 Å². The highest BCUT2D eigenvalue weighted by atomic mass is 16.6. The van der Waals surface area contributed by atoms with Crippen molar-refractivity contribution in [2.45, 2.75) is 118 Å². The summed E-state index contributed by atoms with van der Waals surface area (Å²) in [6, 6.07) is 0. The summed E-state index contributed by atoms with van der Waals surface area (Å²) < 4.78 is 6.02. The van der Waals surface area contributed by atoms with E-state index in [0.29, 0.717) is 23.2 Å². The highest BCUT2D eigenvalue weighted by Crippen LogP contribution is 2.73. The molecule has 0 aromatic heterocycles. The first-order chi connectivity index (χ1) is 15.3. The van der Waals surface area contributed by atoms with Gasteiger partial charge in [-0.05, 0) is 105 Å². The first-order valence-electron chi connectivity index (χ1n) is 13.7. The number of ether oxygens (including phenoxy) is 1. The van der Waals surface area contributed by atoms with E-state index in [2.05, 4.69) is 60.6 Å². The van der Waals surface area contributed by atoms with Crippen LogP contribution in [0.5, 0.6) is 0 Å². The third-order valence-corrected chi connectivity index (χ3v) is 12.1. The van der Waals surface area contributed by atoms with E-state index < -0.39 is 6.29 Å². The highest BCUT2D eigenvalue weighted by molar-refractivity contribution is 5.33. The summed E-state index contributed by atoms with van der Waals surface area (Å²) in [5.74, 6) is 1.96. The van der Waals surface area contributed by atoms with Crippen LogP contribution in [0.2, 0.25) is 0 Å². The molecular formula is C30H48O3. The van der Waals surface area contributed by atoms with Crippen LogP contribution >= 0.6 is 0 Å². The third kappa shape index (κ3) is 3.24. The molecule has 5 aliphatic rings. The van der Waals surface area contributed by atoms with Crippen LogP contribution in [0.4, 0.5) is 0 Å². The summed E-state index contributed by atoms with van der Waals surface area (Å²) in [6.45, 7) is 16.5. The molecule has 0 amide bonds. The summed E-state index contributed by atoms with van der Waals surface area (Å²) >= 11 is 0. The van der Waals surface area contributed by atoms with Crippen molar-refractivity contribution < 1.29 is 14.9 Å². The van der Waals surface area contributed by atoms with E-state index in [1.54, 1.807) is 5.57 Å². The second-order valence-electron chi connectivity index (χ2n) is 14.0. The Morgan fingerprint density at radius 2 is 1.73 bits per heavy atom. The van der Waals surface area contributed by atoms with E-state index in [1.165, 1.54) is 31.3 Å². The summed E-state index contributed by atoms with van der Waals surface area (Å²) in [7, 11) is 0. The Bertz CT molecular complexity index is 853. The van der Waals surface area contributed by atoms with Gasteiger partial charge in [-0.1, -0.05) is 57.9 Å². The lowest BCUT2D eigenvalue weighted by Gasteiger charge is -2.64. The molecule has 0 bridgehead atoms. The molecular weight excluding hydrogens is 408 g/mol. The van der Waals surface area contributed by atoms with Gasteiger partial charge in [0.1, 0.15) is 0 Å². The lowest BCUT2D eigenvalue weighted by atomic mass is 9.41. The van der Waals surface area contributed by atoms with Gasteiger partial charge in [-0.25, -0.2) is 0 Å². The molecule has 0 aromatic rings. The first kappa shape index (κ1) is 24.1. The maximum absolute atomic E-state index is 10.9. The Morgan fingerprint density at radius 1 is 1.00 bits per heavy atom. The van der Waals surface area contributed by atoms with E-state index in [0.717, 1.165) is 25.7 Å². The average Bonchev–Trinajstić information content (AvgIpc) is 3.20. The molecule has 4 aliphatic carbocycles. The SMILES string of the molecule is CC(C)=C[C@H]1C[C@@H]([C@@H]2CC[C@]3(C)C4=CC[C@H]5C(C)(C)[C@H](O)CC[C@]5(C)[C@@H]4CC[C@@]23C)[C@H](O)O1. The van der Waals surface area contributed by atoms with Gasteiger partial charge in [0.15, 0.2) is 6.29 Å². The normalized spacial score (nSPS) is 53.0. The molecule has 0 radical (unpaired) electrons. The van der Waals surface area contributed by atoms with Gasteiger partial charge in [-0.2, -0.15) is 0 Å².